The number of hydrogen-bond acceptors (Lipinski definition) is 2. The largest absolute Gasteiger partial charge is 0.324 e. The number of carbonyl (C=O) groups is 2. The molecule has 3 aromatic rings. The Morgan fingerprint density at radius 3 is 1.97 bits per heavy atom. The highest BCUT2D eigenvalue weighted by atomic mass is 19.1. The van der Waals surface area contributed by atoms with Crippen LogP contribution in [0.25, 0.3) is 0 Å². The number of hydrogen-bond donors (Lipinski definition) is 1. The van der Waals surface area contributed by atoms with Gasteiger partial charge in [0.05, 0.1) is 6.42 Å². The molecule has 0 aromatic heterocycles. The molecular formula is C25H22F2N2O2. The van der Waals surface area contributed by atoms with Crippen molar-refractivity contribution in [2.45, 2.75) is 31.7 Å². The lowest BCUT2D eigenvalue weighted by Gasteiger charge is -2.50. The molecular weight excluding hydrogens is 398 g/mol. The fourth-order valence-corrected chi connectivity index (χ4v) is 3.91. The second kappa shape index (κ2) is 7.95. The third kappa shape index (κ3) is 3.69. The monoisotopic (exact) mass is 420 g/mol. The molecule has 1 aliphatic rings. The molecule has 0 spiro atoms. The van der Waals surface area contributed by atoms with Crippen LogP contribution in [0.5, 0.6) is 0 Å². The summed E-state index contributed by atoms with van der Waals surface area (Å²) in [5, 5.41) is 2.81. The number of nitrogens with one attached hydrogen (secondary N) is 1. The van der Waals surface area contributed by atoms with E-state index in [0.717, 1.165) is 5.56 Å². The molecule has 1 aliphatic heterocycles. The molecule has 0 bridgehead atoms. The molecule has 0 radical (unpaired) electrons. The maximum Gasteiger partial charge on any atom is 0.255 e. The van der Waals surface area contributed by atoms with E-state index in [1.54, 1.807) is 0 Å². The Balaban J connectivity index is 1.78. The van der Waals surface area contributed by atoms with Crippen LogP contribution >= 0.6 is 0 Å². The van der Waals surface area contributed by atoms with E-state index in [9.17, 15) is 18.4 Å². The van der Waals surface area contributed by atoms with E-state index in [0.29, 0.717) is 22.9 Å². The first kappa shape index (κ1) is 20.7. The summed E-state index contributed by atoms with van der Waals surface area (Å²) in [7, 11) is 0. The van der Waals surface area contributed by atoms with Gasteiger partial charge in [0.2, 0.25) is 5.91 Å². The normalized spacial score (nSPS) is 18.1. The summed E-state index contributed by atoms with van der Waals surface area (Å²) in [6.45, 7) is 4.15. The van der Waals surface area contributed by atoms with Crippen molar-refractivity contribution >= 4 is 23.2 Å². The Morgan fingerprint density at radius 2 is 1.45 bits per heavy atom. The van der Waals surface area contributed by atoms with Crippen LogP contribution in [0.1, 0.15) is 37.3 Å². The van der Waals surface area contributed by atoms with Crippen molar-refractivity contribution in [1.29, 1.82) is 0 Å². The first-order valence-electron chi connectivity index (χ1n) is 10.1. The lowest BCUT2D eigenvalue weighted by Crippen LogP contribution is -2.67. The maximum atomic E-state index is 13.5. The Labute approximate surface area is 179 Å². The van der Waals surface area contributed by atoms with Gasteiger partial charge in [0.15, 0.2) is 5.54 Å². The van der Waals surface area contributed by atoms with Gasteiger partial charge in [-0.3, -0.25) is 14.5 Å². The van der Waals surface area contributed by atoms with Gasteiger partial charge < -0.3 is 5.32 Å². The summed E-state index contributed by atoms with van der Waals surface area (Å²) in [5.74, 6) is -1.19. The summed E-state index contributed by atoms with van der Waals surface area (Å²) < 4.78 is 26.7. The van der Waals surface area contributed by atoms with E-state index in [4.69, 9.17) is 0 Å². The lowest BCUT2D eigenvalue weighted by molar-refractivity contribution is -0.137. The molecule has 2 amide bonds. The Morgan fingerprint density at radius 1 is 0.903 bits per heavy atom. The first-order valence-corrected chi connectivity index (χ1v) is 10.1. The zero-order valence-electron chi connectivity index (χ0n) is 17.2. The molecule has 1 unspecified atom stereocenters. The summed E-state index contributed by atoms with van der Waals surface area (Å²) in [5.41, 5.74) is 1.32. The maximum absolute atomic E-state index is 13.5. The lowest BCUT2D eigenvalue weighted by atomic mass is 9.75. The quantitative estimate of drug-likeness (QED) is 0.565. The van der Waals surface area contributed by atoms with Crippen LogP contribution in [0.3, 0.4) is 0 Å². The topological polar surface area (TPSA) is 49.4 Å². The predicted molar refractivity (Wildman–Crippen MR) is 116 cm³/mol. The first-order chi connectivity index (χ1) is 14.8. The minimum Gasteiger partial charge on any atom is -0.324 e. The number of amides is 2. The van der Waals surface area contributed by atoms with Gasteiger partial charge in [-0.1, -0.05) is 38.1 Å². The van der Waals surface area contributed by atoms with Crippen LogP contribution in [0, 0.1) is 11.6 Å². The highest BCUT2D eigenvalue weighted by Gasteiger charge is 2.58. The van der Waals surface area contributed by atoms with Crippen molar-refractivity contribution in [2.75, 3.05) is 10.2 Å². The van der Waals surface area contributed by atoms with Gasteiger partial charge >= 0.3 is 0 Å². The van der Waals surface area contributed by atoms with Crippen LogP contribution in [0.4, 0.5) is 20.2 Å². The molecule has 158 valence electrons. The van der Waals surface area contributed by atoms with Gasteiger partial charge in [-0.05, 0) is 65.6 Å². The van der Waals surface area contributed by atoms with Gasteiger partial charge in [0.1, 0.15) is 11.6 Å². The Hall–Kier alpha value is -3.54. The van der Waals surface area contributed by atoms with Crippen molar-refractivity contribution in [1.82, 2.24) is 0 Å². The van der Waals surface area contributed by atoms with Gasteiger partial charge in [-0.15, -0.1) is 0 Å². The van der Waals surface area contributed by atoms with E-state index in [-0.39, 0.29) is 12.3 Å². The zero-order valence-corrected chi connectivity index (χ0v) is 17.2. The number of carbonyl (C=O) groups excluding carboxylic acids is 2. The summed E-state index contributed by atoms with van der Waals surface area (Å²) in [6.07, 6.45) is -0.0293. The average molecular weight is 420 g/mol. The molecule has 1 heterocycles. The Kier molecular flexibility index (Phi) is 5.31. The second-order valence-corrected chi connectivity index (χ2v) is 7.98. The molecule has 1 saturated heterocycles. The van der Waals surface area contributed by atoms with Crippen molar-refractivity contribution in [3.63, 3.8) is 0 Å². The van der Waals surface area contributed by atoms with Gasteiger partial charge in [0.25, 0.3) is 5.91 Å². The third-order valence-corrected chi connectivity index (χ3v) is 5.66. The molecule has 3 aromatic carbocycles. The summed E-state index contributed by atoms with van der Waals surface area (Å²) in [6, 6.07) is 18.5. The van der Waals surface area contributed by atoms with Gasteiger partial charge in [-0.2, -0.15) is 0 Å². The SMILES string of the molecule is CC(C)c1ccc(C2(C(=O)Nc3ccc(F)cc3)CC(=O)N2c2ccc(F)cc2)cc1. The van der Waals surface area contributed by atoms with E-state index in [2.05, 4.69) is 19.2 Å². The standard InChI is InChI=1S/C25H22F2N2O2/c1-16(2)17-3-5-18(6-4-17)25(24(31)28-21-11-7-19(26)8-12-21)15-23(30)29(25)22-13-9-20(27)10-14-22/h3-14,16H,15H2,1-2H3,(H,28,31). The van der Waals surface area contributed by atoms with Gasteiger partial charge in [-0.25, -0.2) is 8.78 Å². The van der Waals surface area contributed by atoms with Gasteiger partial charge in [0, 0.05) is 11.4 Å². The molecule has 0 saturated carbocycles. The number of β-lactam (4-membered cyclic amide) rings is 1. The average Bonchev–Trinajstić information content (AvgIpc) is 2.75. The smallest absolute Gasteiger partial charge is 0.255 e. The van der Waals surface area contributed by atoms with Crippen LogP contribution < -0.4 is 10.2 Å². The van der Waals surface area contributed by atoms with Crippen molar-refractivity contribution in [2.24, 2.45) is 0 Å². The second-order valence-electron chi connectivity index (χ2n) is 7.98. The van der Waals surface area contributed by atoms with E-state index >= 15 is 0 Å². The zero-order chi connectivity index (χ0) is 22.2. The number of rotatable bonds is 5. The van der Waals surface area contributed by atoms with Crippen LogP contribution in [0.2, 0.25) is 0 Å². The minimum atomic E-state index is -1.29. The fraction of sp³-hybridized carbons (Fsp3) is 0.200. The van der Waals surface area contributed by atoms with Crippen molar-refractivity contribution < 1.29 is 18.4 Å². The Bertz CT molecular complexity index is 1110. The molecule has 4 rings (SSSR count). The van der Waals surface area contributed by atoms with Crippen molar-refractivity contribution in [3.8, 4) is 0 Å². The highest BCUT2D eigenvalue weighted by molar-refractivity contribution is 6.17. The highest BCUT2D eigenvalue weighted by Crippen LogP contribution is 2.46. The molecule has 4 nitrogen and oxygen atoms in total. The number of nitrogens with zero attached hydrogens (tertiary/aromatic N) is 1. The van der Waals surface area contributed by atoms with Crippen LogP contribution in [0.15, 0.2) is 72.8 Å². The third-order valence-electron chi connectivity index (χ3n) is 5.66. The van der Waals surface area contributed by atoms with E-state index in [1.807, 2.05) is 24.3 Å². The molecule has 1 fully saturated rings. The molecule has 31 heavy (non-hydrogen) atoms. The minimum absolute atomic E-state index is 0.0293. The number of benzene rings is 3. The van der Waals surface area contributed by atoms with Crippen molar-refractivity contribution in [3.05, 3.63) is 95.6 Å². The van der Waals surface area contributed by atoms with E-state index < -0.39 is 23.1 Å². The number of anilines is 2. The molecule has 1 N–H and O–H groups in total. The number of halogens is 2. The van der Waals surface area contributed by atoms with E-state index in [1.165, 1.54) is 53.4 Å². The fourth-order valence-electron chi connectivity index (χ4n) is 3.91. The predicted octanol–water partition coefficient (Wildman–Crippen LogP) is 5.36. The molecule has 0 aliphatic carbocycles. The molecule has 6 heteroatoms. The van der Waals surface area contributed by atoms with Crippen LogP contribution in [-0.2, 0) is 15.1 Å². The summed E-state index contributed by atoms with van der Waals surface area (Å²) >= 11 is 0. The van der Waals surface area contributed by atoms with Crippen LogP contribution in [-0.4, -0.2) is 11.8 Å². The summed E-state index contributed by atoms with van der Waals surface area (Å²) in [4.78, 5) is 27.6. The molecule has 1 atom stereocenters.